The van der Waals surface area contributed by atoms with Crippen LogP contribution in [0.2, 0.25) is 0 Å². The van der Waals surface area contributed by atoms with Crippen LogP contribution in [0.25, 0.3) is 0 Å². The molecule has 1 saturated heterocycles. The third-order valence-corrected chi connectivity index (χ3v) is 3.06. The molecule has 0 saturated carbocycles. The van der Waals surface area contributed by atoms with Crippen LogP contribution in [0.3, 0.4) is 0 Å². The van der Waals surface area contributed by atoms with E-state index in [0.29, 0.717) is 11.3 Å². The Balaban J connectivity index is 2.06. The van der Waals surface area contributed by atoms with Gasteiger partial charge >= 0.3 is 0 Å². The second-order valence-electron chi connectivity index (χ2n) is 4.03. The van der Waals surface area contributed by atoms with E-state index in [4.69, 9.17) is 14.7 Å². The predicted molar refractivity (Wildman–Crippen MR) is 58.7 cm³/mol. The maximum absolute atomic E-state index is 9.14. The fourth-order valence-electron chi connectivity index (χ4n) is 2.24. The van der Waals surface area contributed by atoms with E-state index in [9.17, 15) is 0 Å². The first kappa shape index (κ1) is 9.34. The molecule has 0 aliphatic carbocycles. The normalized spacial score (nSPS) is 17.6. The Morgan fingerprint density at radius 2 is 1.81 bits per heavy atom. The van der Waals surface area contributed by atoms with Crippen molar-refractivity contribution in [3.05, 3.63) is 17.7 Å². The molecule has 4 nitrogen and oxygen atoms in total. The molecule has 2 aliphatic heterocycles. The smallest absolute Gasteiger partial charge is 0.231 e. The van der Waals surface area contributed by atoms with Crippen molar-refractivity contribution in [3.8, 4) is 17.6 Å². The minimum atomic E-state index is 0.254. The van der Waals surface area contributed by atoms with Gasteiger partial charge in [0.15, 0.2) is 11.5 Å². The van der Waals surface area contributed by atoms with E-state index in [1.807, 2.05) is 6.07 Å². The highest BCUT2D eigenvalue weighted by atomic mass is 16.7. The number of hydrogen-bond acceptors (Lipinski definition) is 4. The van der Waals surface area contributed by atoms with Gasteiger partial charge in [-0.2, -0.15) is 5.26 Å². The van der Waals surface area contributed by atoms with Crippen molar-refractivity contribution < 1.29 is 9.47 Å². The zero-order chi connectivity index (χ0) is 11.0. The van der Waals surface area contributed by atoms with E-state index >= 15 is 0 Å². The fourth-order valence-corrected chi connectivity index (χ4v) is 2.24. The Kier molecular flexibility index (Phi) is 2.10. The van der Waals surface area contributed by atoms with Crippen LogP contribution in [0.15, 0.2) is 12.1 Å². The minimum absolute atomic E-state index is 0.254. The summed E-state index contributed by atoms with van der Waals surface area (Å²) >= 11 is 0. The second kappa shape index (κ2) is 3.60. The molecular formula is C12H12N2O2. The van der Waals surface area contributed by atoms with Gasteiger partial charge in [-0.1, -0.05) is 0 Å². The molecule has 82 valence electrons. The number of benzene rings is 1. The van der Waals surface area contributed by atoms with Gasteiger partial charge in [0, 0.05) is 25.2 Å². The van der Waals surface area contributed by atoms with Gasteiger partial charge in [-0.25, -0.2) is 0 Å². The van der Waals surface area contributed by atoms with Crippen LogP contribution >= 0.6 is 0 Å². The van der Waals surface area contributed by atoms with Crippen LogP contribution in [0.4, 0.5) is 5.69 Å². The second-order valence-corrected chi connectivity index (χ2v) is 4.03. The van der Waals surface area contributed by atoms with Gasteiger partial charge in [0.25, 0.3) is 0 Å². The predicted octanol–water partition coefficient (Wildman–Crippen LogP) is 1.89. The van der Waals surface area contributed by atoms with Crippen molar-refractivity contribution in [1.29, 1.82) is 5.26 Å². The number of nitriles is 1. The number of nitrogens with zero attached hydrogens (tertiary/aromatic N) is 2. The van der Waals surface area contributed by atoms with Gasteiger partial charge in [0.1, 0.15) is 6.07 Å². The lowest BCUT2D eigenvalue weighted by Crippen LogP contribution is -2.18. The molecule has 4 heteroatoms. The summed E-state index contributed by atoms with van der Waals surface area (Å²) in [5.74, 6) is 1.43. The lowest BCUT2D eigenvalue weighted by atomic mass is 10.1. The van der Waals surface area contributed by atoms with Gasteiger partial charge in [0.2, 0.25) is 6.79 Å². The summed E-state index contributed by atoms with van der Waals surface area (Å²) in [6, 6.07) is 5.92. The number of hydrogen-bond donors (Lipinski definition) is 0. The van der Waals surface area contributed by atoms with Crippen LogP contribution in [0, 0.1) is 11.3 Å². The zero-order valence-corrected chi connectivity index (χ0v) is 8.90. The standard InChI is InChI=1S/C12H12N2O2/c13-7-9-5-11-12(16-8-15-11)6-10(9)14-3-1-2-4-14/h5-6H,1-4,8H2. The average molecular weight is 216 g/mol. The Morgan fingerprint density at radius 3 is 2.50 bits per heavy atom. The molecule has 1 fully saturated rings. The minimum Gasteiger partial charge on any atom is -0.454 e. The lowest BCUT2D eigenvalue weighted by molar-refractivity contribution is 0.174. The summed E-state index contributed by atoms with van der Waals surface area (Å²) in [5.41, 5.74) is 1.65. The molecule has 16 heavy (non-hydrogen) atoms. The van der Waals surface area contributed by atoms with E-state index in [2.05, 4.69) is 11.0 Å². The molecule has 1 aromatic rings. The maximum Gasteiger partial charge on any atom is 0.231 e. The SMILES string of the molecule is N#Cc1cc2c(cc1N1CCCC1)OCO2. The van der Waals surface area contributed by atoms with Gasteiger partial charge in [-0.3, -0.25) is 0 Å². The van der Waals surface area contributed by atoms with Crippen LogP contribution in [0.5, 0.6) is 11.5 Å². The van der Waals surface area contributed by atoms with Crippen molar-refractivity contribution in [2.75, 3.05) is 24.8 Å². The van der Waals surface area contributed by atoms with Crippen LogP contribution in [-0.4, -0.2) is 19.9 Å². The van der Waals surface area contributed by atoms with E-state index in [-0.39, 0.29) is 6.79 Å². The van der Waals surface area contributed by atoms with E-state index < -0.39 is 0 Å². The van der Waals surface area contributed by atoms with Crippen LogP contribution < -0.4 is 14.4 Å². The molecular weight excluding hydrogens is 204 g/mol. The summed E-state index contributed by atoms with van der Waals surface area (Å²) < 4.78 is 10.6. The molecule has 0 radical (unpaired) electrons. The van der Waals surface area contributed by atoms with Crippen molar-refractivity contribution in [2.24, 2.45) is 0 Å². The molecule has 0 amide bonds. The number of anilines is 1. The molecule has 0 bridgehead atoms. The Bertz CT molecular complexity index is 459. The molecule has 0 atom stereocenters. The summed E-state index contributed by atoms with van der Waals surface area (Å²) in [6.45, 7) is 2.30. The summed E-state index contributed by atoms with van der Waals surface area (Å²) in [6.07, 6.45) is 2.39. The monoisotopic (exact) mass is 216 g/mol. The topological polar surface area (TPSA) is 45.5 Å². The molecule has 0 unspecified atom stereocenters. The first-order chi connectivity index (χ1) is 7.88. The van der Waals surface area contributed by atoms with Crippen molar-refractivity contribution in [3.63, 3.8) is 0 Å². The third-order valence-electron chi connectivity index (χ3n) is 3.06. The fraction of sp³-hybridized carbons (Fsp3) is 0.417. The quantitative estimate of drug-likeness (QED) is 0.719. The number of ether oxygens (including phenoxy) is 2. The summed E-state index contributed by atoms with van der Waals surface area (Å²) in [7, 11) is 0. The van der Waals surface area contributed by atoms with E-state index in [0.717, 1.165) is 24.5 Å². The highest BCUT2D eigenvalue weighted by molar-refractivity contribution is 5.67. The Hall–Kier alpha value is -1.89. The van der Waals surface area contributed by atoms with Crippen molar-refractivity contribution >= 4 is 5.69 Å². The first-order valence-electron chi connectivity index (χ1n) is 5.47. The highest BCUT2D eigenvalue weighted by Gasteiger charge is 2.21. The van der Waals surface area contributed by atoms with Crippen molar-refractivity contribution in [1.82, 2.24) is 0 Å². The maximum atomic E-state index is 9.14. The zero-order valence-electron chi connectivity index (χ0n) is 8.90. The summed E-state index contributed by atoms with van der Waals surface area (Å²) in [5, 5.41) is 9.14. The largest absolute Gasteiger partial charge is 0.454 e. The molecule has 0 spiro atoms. The molecule has 2 heterocycles. The third kappa shape index (κ3) is 1.36. The molecule has 1 aromatic carbocycles. The van der Waals surface area contributed by atoms with Gasteiger partial charge in [-0.15, -0.1) is 0 Å². The van der Waals surface area contributed by atoms with Crippen molar-refractivity contribution in [2.45, 2.75) is 12.8 Å². The lowest BCUT2D eigenvalue weighted by Gasteiger charge is -2.19. The van der Waals surface area contributed by atoms with E-state index in [1.54, 1.807) is 6.07 Å². The molecule has 0 aromatic heterocycles. The molecule has 2 aliphatic rings. The first-order valence-corrected chi connectivity index (χ1v) is 5.47. The van der Waals surface area contributed by atoms with Gasteiger partial charge < -0.3 is 14.4 Å². The van der Waals surface area contributed by atoms with Gasteiger partial charge in [-0.05, 0) is 12.8 Å². The van der Waals surface area contributed by atoms with Crippen LogP contribution in [-0.2, 0) is 0 Å². The number of fused-ring (bicyclic) bond motifs is 1. The molecule has 3 rings (SSSR count). The Morgan fingerprint density at radius 1 is 1.12 bits per heavy atom. The number of rotatable bonds is 1. The van der Waals surface area contributed by atoms with Gasteiger partial charge in [0.05, 0.1) is 11.3 Å². The average Bonchev–Trinajstić information content (AvgIpc) is 2.97. The van der Waals surface area contributed by atoms with Crippen LogP contribution in [0.1, 0.15) is 18.4 Å². The Labute approximate surface area is 94.0 Å². The summed E-state index contributed by atoms with van der Waals surface area (Å²) in [4.78, 5) is 2.24. The van der Waals surface area contributed by atoms with E-state index in [1.165, 1.54) is 12.8 Å². The highest BCUT2D eigenvalue weighted by Crippen LogP contribution is 2.38. The molecule has 0 N–H and O–H groups in total.